The molecule has 4 heteroatoms. The van der Waals surface area contributed by atoms with Gasteiger partial charge in [0.1, 0.15) is 0 Å². The average Bonchev–Trinajstić information content (AvgIpc) is 1.97. The number of allylic oxidation sites excluding steroid dienone is 1. The molecule has 0 fully saturated rings. The molecule has 0 bridgehead atoms. The molecule has 0 aromatic rings. The third kappa shape index (κ3) is 4.73. The summed E-state index contributed by atoms with van der Waals surface area (Å²) >= 11 is 0. The first-order chi connectivity index (χ1) is 5.20. The molecule has 3 N–H and O–H groups in total. The first-order valence-electron chi connectivity index (χ1n) is 2.79. The lowest BCUT2D eigenvalue weighted by molar-refractivity contribution is -0.130. The molecule has 0 saturated heterocycles. The van der Waals surface area contributed by atoms with Gasteiger partial charge >= 0.3 is 5.97 Å². The Hall–Kier alpha value is -1.76. The zero-order valence-electron chi connectivity index (χ0n) is 6.03. The minimum absolute atomic E-state index is 0.384. The van der Waals surface area contributed by atoms with Crippen LogP contribution in [0, 0.1) is 11.8 Å². The molecule has 11 heavy (non-hydrogen) atoms. The highest BCUT2D eigenvalue weighted by atomic mass is 16.4. The van der Waals surface area contributed by atoms with Crippen molar-refractivity contribution in [3.63, 3.8) is 0 Å². The molecule has 0 heterocycles. The summed E-state index contributed by atoms with van der Waals surface area (Å²) in [5.74, 6) is 3.03. The van der Waals surface area contributed by atoms with Gasteiger partial charge in [-0.3, -0.25) is 4.99 Å². The van der Waals surface area contributed by atoms with Gasteiger partial charge < -0.3 is 10.8 Å². The lowest BCUT2D eigenvalue weighted by Crippen LogP contribution is -1.91. The number of rotatable bonds is 1. The van der Waals surface area contributed by atoms with E-state index in [1.54, 1.807) is 7.05 Å². The fraction of sp³-hybridized carbons (Fsp3) is 0.143. The first-order valence-corrected chi connectivity index (χ1v) is 2.79. The smallest absolute Gasteiger partial charge is 0.382 e. The van der Waals surface area contributed by atoms with E-state index in [4.69, 9.17) is 10.8 Å². The van der Waals surface area contributed by atoms with Gasteiger partial charge in [0.2, 0.25) is 0 Å². The maximum Gasteiger partial charge on any atom is 0.382 e. The molecule has 0 unspecified atom stereocenters. The SMILES string of the molecule is CN=C/C(C#CC(=O)O)=C\N. The monoisotopic (exact) mass is 152 g/mol. The molecule has 0 amide bonds. The van der Waals surface area contributed by atoms with E-state index >= 15 is 0 Å². The number of nitrogens with zero attached hydrogens (tertiary/aromatic N) is 1. The number of aliphatic imine (C=N–C) groups is 1. The Morgan fingerprint density at radius 2 is 2.27 bits per heavy atom. The summed E-state index contributed by atoms with van der Waals surface area (Å²) in [6.07, 6.45) is 2.58. The van der Waals surface area contributed by atoms with Crippen LogP contribution in [0.15, 0.2) is 16.8 Å². The second kappa shape index (κ2) is 5.06. The Morgan fingerprint density at radius 3 is 2.64 bits per heavy atom. The third-order valence-corrected chi connectivity index (χ3v) is 0.762. The van der Waals surface area contributed by atoms with E-state index in [2.05, 4.69) is 10.9 Å². The van der Waals surface area contributed by atoms with Crippen LogP contribution in [0.1, 0.15) is 0 Å². The minimum atomic E-state index is -1.19. The number of nitrogens with two attached hydrogens (primary N) is 1. The Kier molecular flexibility index (Phi) is 4.25. The van der Waals surface area contributed by atoms with Crippen LogP contribution < -0.4 is 5.73 Å². The van der Waals surface area contributed by atoms with Gasteiger partial charge in [-0.2, -0.15) is 0 Å². The fourth-order valence-electron chi connectivity index (χ4n) is 0.382. The molecule has 0 aromatic heterocycles. The number of carboxylic acids is 1. The van der Waals surface area contributed by atoms with Gasteiger partial charge in [-0.25, -0.2) is 4.79 Å². The van der Waals surface area contributed by atoms with Gasteiger partial charge in [0, 0.05) is 25.4 Å². The molecule has 0 aliphatic rings. The van der Waals surface area contributed by atoms with Crippen LogP contribution in [0.25, 0.3) is 0 Å². The highest BCUT2D eigenvalue weighted by molar-refractivity contribution is 5.91. The molecule has 58 valence electrons. The highest BCUT2D eigenvalue weighted by Crippen LogP contribution is 1.82. The average molecular weight is 152 g/mol. The zero-order chi connectivity index (χ0) is 8.69. The summed E-state index contributed by atoms with van der Waals surface area (Å²) in [5, 5.41) is 8.14. The number of aliphatic carboxylic acids is 1. The van der Waals surface area contributed by atoms with Crippen molar-refractivity contribution in [2.75, 3.05) is 7.05 Å². The van der Waals surface area contributed by atoms with Gasteiger partial charge in [-0.15, -0.1) is 0 Å². The number of carboxylic acid groups (broad SMARTS) is 1. The maximum absolute atomic E-state index is 9.94. The van der Waals surface area contributed by atoms with Crippen molar-refractivity contribution in [1.29, 1.82) is 0 Å². The van der Waals surface area contributed by atoms with Crippen LogP contribution in [0.4, 0.5) is 0 Å². The van der Waals surface area contributed by atoms with Crippen LogP contribution in [0.5, 0.6) is 0 Å². The Balaban J connectivity index is 4.37. The molecular formula is C7H8N2O2. The number of hydrogen-bond acceptors (Lipinski definition) is 3. The normalized spacial score (nSPS) is 10.8. The predicted octanol–water partition coefficient (Wildman–Crippen LogP) is -0.382. The summed E-state index contributed by atoms with van der Waals surface area (Å²) in [7, 11) is 1.55. The molecule has 0 rings (SSSR count). The minimum Gasteiger partial charge on any atom is -0.472 e. The zero-order valence-corrected chi connectivity index (χ0v) is 6.03. The molecule has 0 aromatic carbocycles. The van der Waals surface area contributed by atoms with E-state index in [1.807, 2.05) is 5.92 Å². The second-order valence-electron chi connectivity index (χ2n) is 1.56. The van der Waals surface area contributed by atoms with E-state index < -0.39 is 5.97 Å². The predicted molar refractivity (Wildman–Crippen MR) is 42.1 cm³/mol. The van der Waals surface area contributed by atoms with Crippen LogP contribution in [-0.4, -0.2) is 24.3 Å². The summed E-state index contributed by atoms with van der Waals surface area (Å²) in [4.78, 5) is 13.6. The first kappa shape index (κ1) is 9.24. The van der Waals surface area contributed by atoms with E-state index in [-0.39, 0.29) is 0 Å². The van der Waals surface area contributed by atoms with Gasteiger partial charge in [0.05, 0.1) is 5.57 Å². The summed E-state index contributed by atoms with van der Waals surface area (Å²) in [6.45, 7) is 0. The van der Waals surface area contributed by atoms with Crippen molar-refractivity contribution in [1.82, 2.24) is 0 Å². The molecule has 0 radical (unpaired) electrons. The Morgan fingerprint density at radius 1 is 1.64 bits per heavy atom. The second-order valence-corrected chi connectivity index (χ2v) is 1.56. The topological polar surface area (TPSA) is 75.7 Å². The standard InChI is InChI=1S/C7H8N2O2/c1-9-5-6(4-8)2-3-7(10)11/h4-5H,8H2,1H3,(H,10,11)/b6-4-,9-5?. The van der Waals surface area contributed by atoms with Crippen LogP contribution in [0.2, 0.25) is 0 Å². The van der Waals surface area contributed by atoms with Crippen molar-refractivity contribution in [3.05, 3.63) is 11.8 Å². The van der Waals surface area contributed by atoms with E-state index in [0.717, 1.165) is 0 Å². The van der Waals surface area contributed by atoms with Crippen molar-refractivity contribution in [2.24, 2.45) is 10.7 Å². The van der Waals surface area contributed by atoms with Crippen molar-refractivity contribution in [2.45, 2.75) is 0 Å². The van der Waals surface area contributed by atoms with Gasteiger partial charge in [-0.1, -0.05) is 5.92 Å². The lowest BCUT2D eigenvalue weighted by atomic mass is 10.3. The molecule has 0 spiro atoms. The number of carbonyl (C=O) groups is 1. The van der Waals surface area contributed by atoms with E-state index in [0.29, 0.717) is 5.57 Å². The van der Waals surface area contributed by atoms with Crippen molar-refractivity contribution < 1.29 is 9.90 Å². The maximum atomic E-state index is 9.94. The molecule has 4 nitrogen and oxygen atoms in total. The van der Waals surface area contributed by atoms with Crippen LogP contribution in [-0.2, 0) is 4.79 Å². The van der Waals surface area contributed by atoms with Crippen LogP contribution in [0.3, 0.4) is 0 Å². The molecule has 0 aliphatic carbocycles. The lowest BCUT2D eigenvalue weighted by Gasteiger charge is -1.82. The summed E-state index contributed by atoms with van der Waals surface area (Å²) in [6, 6.07) is 0. The molecule has 0 aliphatic heterocycles. The summed E-state index contributed by atoms with van der Waals surface area (Å²) in [5.41, 5.74) is 5.48. The van der Waals surface area contributed by atoms with Crippen molar-refractivity contribution in [3.8, 4) is 11.8 Å². The Labute approximate surface area is 64.4 Å². The largest absolute Gasteiger partial charge is 0.472 e. The van der Waals surface area contributed by atoms with Gasteiger partial charge in [0.15, 0.2) is 0 Å². The van der Waals surface area contributed by atoms with Gasteiger partial charge in [0.25, 0.3) is 0 Å². The van der Waals surface area contributed by atoms with E-state index in [9.17, 15) is 4.79 Å². The fourth-order valence-corrected chi connectivity index (χ4v) is 0.382. The van der Waals surface area contributed by atoms with Gasteiger partial charge in [-0.05, 0) is 0 Å². The highest BCUT2D eigenvalue weighted by Gasteiger charge is 1.85. The summed E-state index contributed by atoms with van der Waals surface area (Å²) < 4.78 is 0. The molecule has 0 atom stereocenters. The third-order valence-electron chi connectivity index (χ3n) is 0.762. The quantitative estimate of drug-likeness (QED) is 0.397. The van der Waals surface area contributed by atoms with Crippen LogP contribution >= 0.6 is 0 Å². The van der Waals surface area contributed by atoms with E-state index in [1.165, 1.54) is 12.4 Å². The Bertz CT molecular complexity index is 255. The van der Waals surface area contributed by atoms with Crippen molar-refractivity contribution >= 4 is 12.2 Å². The number of hydrogen-bond donors (Lipinski definition) is 2. The molecular weight excluding hydrogens is 144 g/mol. The molecule has 0 saturated carbocycles.